The first-order valence-electron chi connectivity index (χ1n) is 6.61. The average molecular weight is 240 g/mol. The highest BCUT2D eigenvalue weighted by Gasteiger charge is 2.56. The van der Waals surface area contributed by atoms with E-state index >= 15 is 0 Å². The van der Waals surface area contributed by atoms with E-state index in [9.17, 15) is 4.79 Å². The van der Waals surface area contributed by atoms with Gasteiger partial charge in [-0.05, 0) is 51.6 Å². The largest absolute Gasteiger partial charge is 0.444 e. The van der Waals surface area contributed by atoms with Crippen LogP contribution in [0.5, 0.6) is 0 Å². The SMILES string of the molecule is CCNCC1C2CN(C(=O)OC(C)(C)C)CC12. The van der Waals surface area contributed by atoms with Crippen LogP contribution in [0.4, 0.5) is 4.79 Å². The van der Waals surface area contributed by atoms with Crippen LogP contribution in [0, 0.1) is 17.8 Å². The monoisotopic (exact) mass is 240 g/mol. The Morgan fingerprint density at radius 1 is 1.35 bits per heavy atom. The fourth-order valence-corrected chi connectivity index (χ4v) is 2.74. The van der Waals surface area contributed by atoms with Gasteiger partial charge >= 0.3 is 6.09 Å². The van der Waals surface area contributed by atoms with E-state index in [-0.39, 0.29) is 11.7 Å². The van der Waals surface area contributed by atoms with Crippen molar-refractivity contribution < 1.29 is 9.53 Å². The molecular weight excluding hydrogens is 216 g/mol. The second kappa shape index (κ2) is 4.48. The summed E-state index contributed by atoms with van der Waals surface area (Å²) in [6.45, 7) is 11.8. The van der Waals surface area contributed by atoms with Crippen molar-refractivity contribution in [3.05, 3.63) is 0 Å². The van der Waals surface area contributed by atoms with Gasteiger partial charge in [0.15, 0.2) is 0 Å². The van der Waals surface area contributed by atoms with E-state index in [2.05, 4.69) is 12.2 Å². The van der Waals surface area contributed by atoms with Gasteiger partial charge in [0.05, 0.1) is 0 Å². The maximum atomic E-state index is 11.8. The van der Waals surface area contributed by atoms with Crippen LogP contribution in [0.3, 0.4) is 0 Å². The minimum absolute atomic E-state index is 0.146. The minimum Gasteiger partial charge on any atom is -0.444 e. The molecule has 1 saturated heterocycles. The zero-order valence-electron chi connectivity index (χ0n) is 11.3. The van der Waals surface area contributed by atoms with Gasteiger partial charge in [0.1, 0.15) is 5.60 Å². The second-order valence-electron chi connectivity index (χ2n) is 6.18. The maximum Gasteiger partial charge on any atom is 0.410 e. The van der Waals surface area contributed by atoms with Gasteiger partial charge in [-0.2, -0.15) is 0 Å². The third-order valence-corrected chi connectivity index (χ3v) is 3.65. The molecule has 4 nitrogen and oxygen atoms in total. The number of hydrogen-bond acceptors (Lipinski definition) is 3. The summed E-state index contributed by atoms with van der Waals surface area (Å²) in [5, 5.41) is 3.39. The van der Waals surface area contributed by atoms with Gasteiger partial charge < -0.3 is 15.0 Å². The van der Waals surface area contributed by atoms with Crippen LogP contribution in [-0.2, 0) is 4.74 Å². The number of nitrogens with one attached hydrogen (secondary N) is 1. The molecule has 0 spiro atoms. The molecule has 0 bridgehead atoms. The first-order chi connectivity index (χ1) is 7.92. The van der Waals surface area contributed by atoms with Crippen LogP contribution in [-0.4, -0.2) is 42.8 Å². The number of carbonyl (C=O) groups is 1. The summed E-state index contributed by atoms with van der Waals surface area (Å²) in [6, 6.07) is 0. The lowest BCUT2D eigenvalue weighted by atomic mass is 10.2. The minimum atomic E-state index is -0.382. The smallest absolute Gasteiger partial charge is 0.410 e. The number of fused-ring (bicyclic) bond motifs is 1. The Bertz CT molecular complexity index is 286. The third kappa shape index (κ3) is 2.92. The van der Waals surface area contributed by atoms with Crippen molar-refractivity contribution in [2.45, 2.75) is 33.3 Å². The number of amides is 1. The van der Waals surface area contributed by atoms with Crippen LogP contribution in [0.15, 0.2) is 0 Å². The lowest BCUT2D eigenvalue weighted by Gasteiger charge is -2.25. The van der Waals surface area contributed by atoms with Crippen LogP contribution in [0.1, 0.15) is 27.7 Å². The molecule has 1 heterocycles. The van der Waals surface area contributed by atoms with Gasteiger partial charge in [-0.15, -0.1) is 0 Å². The molecule has 0 aromatic heterocycles. The quantitative estimate of drug-likeness (QED) is 0.816. The molecule has 1 amide bonds. The standard InChI is InChI=1S/C13H24N2O2/c1-5-14-6-9-10-7-15(8-11(9)10)12(16)17-13(2,3)4/h9-11,14H,5-8H2,1-4H3. The van der Waals surface area contributed by atoms with E-state index in [1.807, 2.05) is 25.7 Å². The van der Waals surface area contributed by atoms with E-state index in [1.165, 1.54) is 0 Å². The summed E-state index contributed by atoms with van der Waals surface area (Å²) in [7, 11) is 0. The van der Waals surface area contributed by atoms with E-state index in [0.717, 1.165) is 32.1 Å². The lowest BCUT2D eigenvalue weighted by Crippen LogP contribution is -2.37. The average Bonchev–Trinajstić information content (AvgIpc) is 2.67. The molecule has 1 saturated carbocycles. The normalized spacial score (nSPS) is 31.3. The zero-order chi connectivity index (χ0) is 12.6. The highest BCUT2D eigenvalue weighted by Crippen LogP contribution is 2.51. The summed E-state index contributed by atoms with van der Waals surface area (Å²) in [5.74, 6) is 2.21. The molecule has 1 N–H and O–H groups in total. The van der Waals surface area contributed by atoms with Crippen LogP contribution < -0.4 is 5.32 Å². The molecule has 4 heteroatoms. The molecule has 0 aromatic rings. The van der Waals surface area contributed by atoms with Crippen LogP contribution >= 0.6 is 0 Å². The van der Waals surface area contributed by atoms with E-state index in [4.69, 9.17) is 4.74 Å². The van der Waals surface area contributed by atoms with Gasteiger partial charge in [-0.1, -0.05) is 6.92 Å². The number of ether oxygens (including phenoxy) is 1. The third-order valence-electron chi connectivity index (χ3n) is 3.65. The molecule has 1 aliphatic heterocycles. The molecule has 2 atom stereocenters. The van der Waals surface area contributed by atoms with Crippen molar-refractivity contribution in [1.82, 2.24) is 10.2 Å². The molecule has 98 valence electrons. The van der Waals surface area contributed by atoms with Gasteiger partial charge in [0.2, 0.25) is 0 Å². The number of hydrogen-bond donors (Lipinski definition) is 1. The Balaban J connectivity index is 1.74. The summed E-state index contributed by atoms with van der Waals surface area (Å²) in [4.78, 5) is 13.7. The van der Waals surface area contributed by atoms with Crippen LogP contribution in [0.2, 0.25) is 0 Å². The number of piperidine rings is 1. The van der Waals surface area contributed by atoms with Gasteiger partial charge in [0, 0.05) is 13.1 Å². The van der Waals surface area contributed by atoms with Gasteiger partial charge in [0.25, 0.3) is 0 Å². The Morgan fingerprint density at radius 3 is 2.41 bits per heavy atom. The molecule has 2 rings (SSSR count). The molecule has 2 aliphatic rings. The number of likely N-dealkylation sites (tertiary alicyclic amines) is 1. The topological polar surface area (TPSA) is 41.6 Å². The fourth-order valence-electron chi connectivity index (χ4n) is 2.74. The Hall–Kier alpha value is -0.770. The first-order valence-corrected chi connectivity index (χ1v) is 6.61. The number of nitrogens with zero attached hydrogens (tertiary/aromatic N) is 1. The molecule has 2 fully saturated rings. The van der Waals surface area contributed by atoms with Crippen molar-refractivity contribution in [1.29, 1.82) is 0 Å². The van der Waals surface area contributed by atoms with Gasteiger partial charge in [-0.3, -0.25) is 0 Å². The van der Waals surface area contributed by atoms with Crippen molar-refractivity contribution in [3.63, 3.8) is 0 Å². The lowest BCUT2D eigenvalue weighted by molar-refractivity contribution is 0.0265. The highest BCUT2D eigenvalue weighted by molar-refractivity contribution is 5.69. The van der Waals surface area contributed by atoms with Crippen molar-refractivity contribution in [2.75, 3.05) is 26.2 Å². The Kier molecular flexibility index (Phi) is 3.34. The predicted octanol–water partition coefficient (Wildman–Crippen LogP) is 1.71. The molecule has 17 heavy (non-hydrogen) atoms. The number of rotatable bonds is 3. The van der Waals surface area contributed by atoms with Crippen molar-refractivity contribution in [3.8, 4) is 0 Å². The maximum absolute atomic E-state index is 11.8. The highest BCUT2D eigenvalue weighted by atomic mass is 16.6. The van der Waals surface area contributed by atoms with Gasteiger partial charge in [-0.25, -0.2) is 4.79 Å². The number of carbonyl (C=O) groups excluding carboxylic acids is 1. The summed E-state index contributed by atoms with van der Waals surface area (Å²) in [5.41, 5.74) is -0.382. The first kappa shape index (κ1) is 12.7. The predicted molar refractivity (Wildman–Crippen MR) is 66.8 cm³/mol. The zero-order valence-corrected chi connectivity index (χ0v) is 11.3. The van der Waals surface area contributed by atoms with E-state index in [1.54, 1.807) is 0 Å². The van der Waals surface area contributed by atoms with Crippen LogP contribution in [0.25, 0.3) is 0 Å². The second-order valence-corrected chi connectivity index (χ2v) is 6.18. The molecule has 1 aliphatic carbocycles. The Labute approximate surface area is 104 Å². The summed E-state index contributed by atoms with van der Waals surface area (Å²) >= 11 is 0. The molecule has 0 radical (unpaired) electrons. The molecule has 0 aromatic carbocycles. The summed E-state index contributed by atoms with van der Waals surface area (Å²) in [6.07, 6.45) is -0.146. The molecular formula is C13H24N2O2. The van der Waals surface area contributed by atoms with Crippen molar-refractivity contribution in [2.24, 2.45) is 17.8 Å². The molecule has 2 unspecified atom stereocenters. The van der Waals surface area contributed by atoms with Crippen molar-refractivity contribution >= 4 is 6.09 Å². The summed E-state index contributed by atoms with van der Waals surface area (Å²) < 4.78 is 5.38. The van der Waals surface area contributed by atoms with E-state index < -0.39 is 0 Å². The fraction of sp³-hybridized carbons (Fsp3) is 0.923. The van der Waals surface area contributed by atoms with E-state index in [0.29, 0.717) is 11.8 Å². The Morgan fingerprint density at radius 2 is 1.94 bits per heavy atom.